The standard InChI is InChI=1S/C33H48N5O8P/c1-5-8-20-44-33(41)37-18-16-36(17-19-37)32(40)30(24-47(42,45-6-2)46-7-3)35-31(39)29-22-26(38-15-14-27(23-38)43-4)21-28(34-29)25-12-10-9-11-13-25/h9-13,21-22,27,30H,5-8,14-20,23-24H2,1-4H3,(H,35,39). The summed E-state index contributed by atoms with van der Waals surface area (Å²) in [4.78, 5) is 50.3. The molecule has 14 heteroatoms. The minimum atomic E-state index is -3.76. The van der Waals surface area contributed by atoms with Gasteiger partial charge in [0.25, 0.3) is 5.91 Å². The van der Waals surface area contributed by atoms with Gasteiger partial charge in [-0.3, -0.25) is 14.2 Å². The van der Waals surface area contributed by atoms with Gasteiger partial charge in [-0.05, 0) is 38.8 Å². The number of rotatable bonds is 15. The molecule has 1 aromatic carbocycles. The maximum absolute atomic E-state index is 14.0. The summed E-state index contributed by atoms with van der Waals surface area (Å²) in [7, 11) is -2.07. The molecule has 2 unspecified atom stereocenters. The smallest absolute Gasteiger partial charge is 0.409 e. The van der Waals surface area contributed by atoms with Crippen LogP contribution in [0.3, 0.4) is 0 Å². The third-order valence-electron chi connectivity index (χ3n) is 8.19. The Morgan fingerprint density at radius 1 is 0.979 bits per heavy atom. The largest absolute Gasteiger partial charge is 0.449 e. The number of nitrogens with one attached hydrogen (secondary N) is 1. The second-order valence-corrected chi connectivity index (χ2v) is 13.6. The number of hydrogen-bond acceptors (Lipinski definition) is 10. The molecule has 2 saturated heterocycles. The zero-order chi connectivity index (χ0) is 33.8. The number of aromatic nitrogens is 1. The summed E-state index contributed by atoms with van der Waals surface area (Å²) >= 11 is 0. The monoisotopic (exact) mass is 673 g/mol. The van der Waals surface area contributed by atoms with Crippen LogP contribution in [0.15, 0.2) is 42.5 Å². The topological polar surface area (TPSA) is 140 Å². The van der Waals surface area contributed by atoms with Crippen LogP contribution in [0, 0.1) is 0 Å². The van der Waals surface area contributed by atoms with Crippen LogP contribution in [0.4, 0.5) is 10.5 Å². The van der Waals surface area contributed by atoms with Crippen LogP contribution in [-0.4, -0.2) is 117 Å². The molecule has 0 bridgehead atoms. The van der Waals surface area contributed by atoms with Crippen LogP contribution < -0.4 is 10.2 Å². The lowest BCUT2D eigenvalue weighted by atomic mass is 10.1. The Hall–Kier alpha value is -3.51. The zero-order valence-corrected chi connectivity index (χ0v) is 28.8. The van der Waals surface area contributed by atoms with Crippen LogP contribution in [0.5, 0.6) is 0 Å². The first-order valence-corrected chi connectivity index (χ1v) is 18.2. The van der Waals surface area contributed by atoms with Gasteiger partial charge in [-0.15, -0.1) is 0 Å². The summed E-state index contributed by atoms with van der Waals surface area (Å²) in [6.45, 7) is 8.36. The summed E-state index contributed by atoms with van der Waals surface area (Å²) in [6.07, 6.45) is 1.85. The zero-order valence-electron chi connectivity index (χ0n) is 27.9. The molecule has 2 aromatic rings. The molecule has 13 nitrogen and oxygen atoms in total. The quantitative estimate of drug-likeness (QED) is 0.214. The Balaban J connectivity index is 1.58. The van der Waals surface area contributed by atoms with Crippen molar-refractivity contribution in [3.05, 3.63) is 48.2 Å². The average molecular weight is 674 g/mol. The van der Waals surface area contributed by atoms with Crippen molar-refractivity contribution in [3.63, 3.8) is 0 Å². The molecule has 0 aliphatic carbocycles. The summed E-state index contributed by atoms with van der Waals surface area (Å²) < 4.78 is 35.6. The lowest BCUT2D eigenvalue weighted by Crippen LogP contribution is -2.57. The molecule has 258 valence electrons. The van der Waals surface area contributed by atoms with Crippen molar-refractivity contribution in [3.8, 4) is 11.3 Å². The Morgan fingerprint density at radius 3 is 2.28 bits per heavy atom. The van der Waals surface area contributed by atoms with E-state index in [-0.39, 0.29) is 57.4 Å². The van der Waals surface area contributed by atoms with Gasteiger partial charge in [0.05, 0.1) is 37.8 Å². The van der Waals surface area contributed by atoms with Crippen molar-refractivity contribution in [1.29, 1.82) is 0 Å². The lowest BCUT2D eigenvalue weighted by Gasteiger charge is -2.36. The van der Waals surface area contributed by atoms with E-state index in [4.69, 9.17) is 18.5 Å². The molecular formula is C33H48N5O8P. The van der Waals surface area contributed by atoms with Crippen LogP contribution in [-0.2, 0) is 27.9 Å². The highest BCUT2D eigenvalue weighted by Gasteiger charge is 2.37. The predicted molar refractivity (Wildman–Crippen MR) is 179 cm³/mol. The molecule has 4 rings (SSSR count). The second kappa shape index (κ2) is 17.6. The number of amides is 3. The van der Waals surface area contributed by atoms with Gasteiger partial charge < -0.3 is 38.5 Å². The van der Waals surface area contributed by atoms with Gasteiger partial charge >= 0.3 is 13.7 Å². The number of ether oxygens (including phenoxy) is 2. The van der Waals surface area contributed by atoms with Crippen LogP contribution in [0.25, 0.3) is 11.3 Å². The fraction of sp³-hybridized carbons (Fsp3) is 0.576. The first-order chi connectivity index (χ1) is 22.7. The first kappa shape index (κ1) is 36.3. The Bertz CT molecular complexity index is 1380. The van der Waals surface area contributed by atoms with Crippen molar-refractivity contribution in [1.82, 2.24) is 20.1 Å². The van der Waals surface area contributed by atoms with Gasteiger partial charge in [0.1, 0.15) is 11.7 Å². The fourth-order valence-electron chi connectivity index (χ4n) is 5.63. The summed E-state index contributed by atoms with van der Waals surface area (Å²) in [5.74, 6) is -1.04. The highest BCUT2D eigenvalue weighted by molar-refractivity contribution is 7.54. The maximum Gasteiger partial charge on any atom is 0.409 e. The fourth-order valence-corrected chi connectivity index (χ4v) is 7.40. The van der Waals surface area contributed by atoms with Crippen molar-refractivity contribution >= 4 is 31.2 Å². The summed E-state index contributed by atoms with van der Waals surface area (Å²) in [5.41, 5.74) is 2.36. The molecule has 3 amide bonds. The number of piperazine rings is 1. The number of pyridine rings is 1. The van der Waals surface area contributed by atoms with E-state index >= 15 is 0 Å². The Kier molecular flexibility index (Phi) is 13.6. The van der Waals surface area contributed by atoms with Gasteiger partial charge in [0.2, 0.25) is 5.91 Å². The number of carbonyl (C=O) groups is 3. The SMILES string of the molecule is CCCCOC(=O)N1CCN(C(=O)C(CP(=O)(OCC)OCC)NC(=O)c2cc(N3CCC(OC)C3)cc(-c3ccccc3)n2)CC1. The first-order valence-electron chi connectivity index (χ1n) is 16.4. The van der Waals surface area contributed by atoms with Gasteiger partial charge in [-0.2, -0.15) is 0 Å². The van der Waals surface area contributed by atoms with E-state index in [2.05, 4.69) is 15.2 Å². The molecule has 2 fully saturated rings. The molecule has 2 aliphatic heterocycles. The van der Waals surface area contributed by atoms with E-state index in [0.29, 0.717) is 18.8 Å². The molecule has 2 aliphatic rings. The van der Waals surface area contributed by atoms with E-state index in [0.717, 1.165) is 37.1 Å². The van der Waals surface area contributed by atoms with E-state index in [1.54, 1.807) is 36.8 Å². The molecule has 2 atom stereocenters. The normalized spacial score (nSPS) is 17.4. The van der Waals surface area contributed by atoms with Gasteiger partial charge in [0.15, 0.2) is 0 Å². The van der Waals surface area contributed by atoms with Crippen molar-refractivity contribution < 1.29 is 37.5 Å². The van der Waals surface area contributed by atoms with E-state index in [9.17, 15) is 18.9 Å². The van der Waals surface area contributed by atoms with Gasteiger partial charge in [-0.1, -0.05) is 43.7 Å². The molecule has 0 saturated carbocycles. The number of hydrogen-bond donors (Lipinski definition) is 1. The van der Waals surface area contributed by atoms with Crippen molar-refractivity contribution in [2.45, 2.75) is 52.2 Å². The highest BCUT2D eigenvalue weighted by atomic mass is 31.2. The van der Waals surface area contributed by atoms with Gasteiger partial charge in [0, 0.05) is 57.6 Å². The number of unbranched alkanes of at least 4 members (excludes halogenated alkanes) is 1. The van der Waals surface area contributed by atoms with E-state index in [1.165, 1.54) is 0 Å². The molecule has 1 aromatic heterocycles. The van der Waals surface area contributed by atoms with Crippen LogP contribution in [0.1, 0.15) is 50.5 Å². The molecular weight excluding hydrogens is 625 g/mol. The molecule has 47 heavy (non-hydrogen) atoms. The van der Waals surface area contributed by atoms with E-state index < -0.39 is 31.5 Å². The minimum Gasteiger partial charge on any atom is -0.449 e. The molecule has 0 spiro atoms. The number of benzene rings is 1. The second-order valence-electron chi connectivity index (χ2n) is 11.5. The molecule has 3 heterocycles. The lowest BCUT2D eigenvalue weighted by molar-refractivity contribution is -0.134. The predicted octanol–water partition coefficient (Wildman–Crippen LogP) is 4.42. The third-order valence-corrected chi connectivity index (χ3v) is 10.3. The average Bonchev–Trinajstić information content (AvgIpc) is 3.58. The maximum atomic E-state index is 14.0. The van der Waals surface area contributed by atoms with Gasteiger partial charge in [-0.25, -0.2) is 9.78 Å². The number of anilines is 1. The molecule has 1 N–H and O–H groups in total. The van der Waals surface area contributed by atoms with Crippen LogP contribution >= 0.6 is 7.60 Å². The third kappa shape index (κ3) is 9.99. The summed E-state index contributed by atoms with van der Waals surface area (Å²) in [5, 5.41) is 2.81. The van der Waals surface area contributed by atoms with E-state index in [1.807, 2.05) is 43.3 Å². The molecule has 0 radical (unpaired) electrons. The Labute approximate surface area is 277 Å². The number of methoxy groups -OCH3 is 1. The Morgan fingerprint density at radius 2 is 1.66 bits per heavy atom. The summed E-state index contributed by atoms with van der Waals surface area (Å²) in [6, 6.07) is 12.0. The van der Waals surface area contributed by atoms with Crippen molar-refractivity contribution in [2.75, 3.05) is 77.3 Å². The van der Waals surface area contributed by atoms with Crippen molar-refractivity contribution in [2.24, 2.45) is 0 Å². The minimum absolute atomic E-state index is 0.0764. The number of carbonyl (C=O) groups excluding carboxylic acids is 3. The number of nitrogens with zero attached hydrogens (tertiary/aromatic N) is 4. The highest BCUT2D eigenvalue weighted by Crippen LogP contribution is 2.48. The van der Waals surface area contributed by atoms with Crippen LogP contribution in [0.2, 0.25) is 0 Å².